The molecule has 7 heteroatoms. The van der Waals surface area contributed by atoms with Crippen molar-refractivity contribution in [2.45, 2.75) is 11.8 Å². The number of thioether (sulfide) groups is 1. The van der Waals surface area contributed by atoms with Crippen LogP contribution in [0, 0.1) is 0 Å². The Morgan fingerprint density at radius 3 is 2.48 bits per heavy atom. The molecular weight excluding hydrogens is 362 g/mol. The number of nitrogens with one attached hydrogen (secondary N) is 1. The van der Waals surface area contributed by atoms with E-state index < -0.39 is 5.97 Å². The molecule has 0 atom stereocenters. The smallest absolute Gasteiger partial charge is 0.339 e. The summed E-state index contributed by atoms with van der Waals surface area (Å²) in [4.78, 5) is 24.7. The van der Waals surface area contributed by atoms with Crippen LogP contribution < -0.4 is 10.1 Å². The van der Waals surface area contributed by atoms with Gasteiger partial charge in [-0.25, -0.2) is 4.79 Å². The van der Waals surface area contributed by atoms with Crippen LogP contribution in [-0.4, -0.2) is 31.3 Å². The molecule has 0 bridgehead atoms. The molecule has 0 aliphatic rings. The molecule has 0 aromatic heterocycles. The summed E-state index contributed by atoms with van der Waals surface area (Å²) in [5.41, 5.74) is 0.799. The fraction of sp³-hybridized carbons (Fsp3) is 0.222. The van der Waals surface area contributed by atoms with E-state index in [1.165, 1.54) is 23.9 Å². The molecule has 0 heterocycles. The third-order valence-electron chi connectivity index (χ3n) is 3.18. The van der Waals surface area contributed by atoms with Crippen LogP contribution in [0.3, 0.4) is 0 Å². The quantitative estimate of drug-likeness (QED) is 0.575. The number of carbonyl (C=O) groups is 2. The van der Waals surface area contributed by atoms with Crippen molar-refractivity contribution in [3.8, 4) is 5.75 Å². The van der Waals surface area contributed by atoms with Gasteiger partial charge >= 0.3 is 5.97 Å². The number of ether oxygens (including phenoxy) is 2. The van der Waals surface area contributed by atoms with Gasteiger partial charge in [0.25, 0.3) is 0 Å². The highest BCUT2D eigenvalue weighted by molar-refractivity contribution is 8.00. The van der Waals surface area contributed by atoms with Gasteiger partial charge in [0.05, 0.1) is 30.1 Å². The Balaban J connectivity index is 1.91. The molecule has 25 heavy (non-hydrogen) atoms. The Hall–Kier alpha value is -2.18. The molecule has 0 aliphatic carbocycles. The minimum Gasteiger partial charge on any atom is -0.497 e. The predicted molar refractivity (Wildman–Crippen MR) is 99.8 cm³/mol. The Labute approximate surface area is 155 Å². The van der Waals surface area contributed by atoms with Gasteiger partial charge in [-0.05, 0) is 49.4 Å². The molecule has 0 radical (unpaired) electrons. The van der Waals surface area contributed by atoms with Crippen LogP contribution in [0.4, 0.5) is 5.69 Å². The molecule has 1 N–H and O–H groups in total. The van der Waals surface area contributed by atoms with Crippen molar-refractivity contribution < 1.29 is 19.1 Å². The van der Waals surface area contributed by atoms with E-state index >= 15 is 0 Å². The molecule has 0 spiro atoms. The molecule has 0 aliphatic heterocycles. The van der Waals surface area contributed by atoms with Gasteiger partial charge in [-0.3, -0.25) is 4.79 Å². The number of hydrogen-bond donors (Lipinski definition) is 1. The van der Waals surface area contributed by atoms with Crippen molar-refractivity contribution in [3.63, 3.8) is 0 Å². The Bertz CT molecular complexity index is 749. The molecule has 1 amide bonds. The summed E-state index contributed by atoms with van der Waals surface area (Å²) in [5, 5.41) is 2.99. The highest BCUT2D eigenvalue weighted by Crippen LogP contribution is 2.24. The Kier molecular flexibility index (Phi) is 7.16. The summed E-state index contributed by atoms with van der Waals surface area (Å²) >= 11 is 7.49. The first-order chi connectivity index (χ1) is 12.0. The largest absolute Gasteiger partial charge is 0.497 e. The average molecular weight is 380 g/mol. The van der Waals surface area contributed by atoms with Crippen LogP contribution in [0.15, 0.2) is 47.4 Å². The van der Waals surface area contributed by atoms with E-state index in [-0.39, 0.29) is 28.9 Å². The summed E-state index contributed by atoms with van der Waals surface area (Å²) < 4.78 is 10.0. The minimum absolute atomic E-state index is 0.166. The van der Waals surface area contributed by atoms with Gasteiger partial charge in [0, 0.05) is 10.6 Å². The van der Waals surface area contributed by atoms with Gasteiger partial charge in [-0.2, -0.15) is 0 Å². The molecule has 0 saturated carbocycles. The summed E-state index contributed by atoms with van der Waals surface area (Å²) in [6, 6.07) is 12.1. The fourth-order valence-corrected chi connectivity index (χ4v) is 2.94. The maximum atomic E-state index is 12.1. The molecule has 0 saturated heterocycles. The predicted octanol–water partition coefficient (Wildman–Crippen LogP) is 4.26. The fourth-order valence-electron chi connectivity index (χ4n) is 1.99. The van der Waals surface area contributed by atoms with Crippen molar-refractivity contribution in [1.29, 1.82) is 0 Å². The lowest BCUT2D eigenvalue weighted by Crippen LogP contribution is -2.14. The lowest BCUT2D eigenvalue weighted by molar-refractivity contribution is -0.113. The van der Waals surface area contributed by atoms with Gasteiger partial charge < -0.3 is 14.8 Å². The van der Waals surface area contributed by atoms with E-state index in [2.05, 4.69) is 5.32 Å². The zero-order chi connectivity index (χ0) is 18.2. The summed E-state index contributed by atoms with van der Waals surface area (Å²) in [5.74, 6) is 0.371. The molecule has 132 valence electrons. The molecule has 2 aromatic rings. The maximum absolute atomic E-state index is 12.1. The number of anilines is 1. The first-order valence-electron chi connectivity index (χ1n) is 7.57. The topological polar surface area (TPSA) is 64.6 Å². The van der Waals surface area contributed by atoms with E-state index in [0.717, 1.165) is 10.6 Å². The van der Waals surface area contributed by atoms with Crippen molar-refractivity contribution in [2.75, 3.05) is 24.8 Å². The monoisotopic (exact) mass is 379 g/mol. The highest BCUT2D eigenvalue weighted by Gasteiger charge is 2.12. The van der Waals surface area contributed by atoms with Crippen molar-refractivity contribution >= 4 is 40.9 Å². The molecule has 2 aromatic carbocycles. The van der Waals surface area contributed by atoms with Crippen LogP contribution in [0.2, 0.25) is 5.02 Å². The Morgan fingerprint density at radius 2 is 1.88 bits per heavy atom. The Morgan fingerprint density at radius 1 is 1.16 bits per heavy atom. The third kappa shape index (κ3) is 5.69. The van der Waals surface area contributed by atoms with E-state index in [9.17, 15) is 9.59 Å². The first kappa shape index (κ1) is 19.1. The standard InChI is InChI=1S/C18H18ClNO4S/c1-3-24-18(22)15-9-4-12(10-16(15)19)20-17(21)11-25-14-7-5-13(23-2)6-8-14/h4-10H,3,11H2,1-2H3,(H,20,21). The zero-order valence-electron chi connectivity index (χ0n) is 13.9. The molecular formula is C18H18ClNO4S. The van der Waals surface area contributed by atoms with Gasteiger partial charge in [-0.1, -0.05) is 11.6 Å². The van der Waals surface area contributed by atoms with E-state index in [1.807, 2.05) is 24.3 Å². The van der Waals surface area contributed by atoms with Gasteiger partial charge in [0.1, 0.15) is 5.75 Å². The molecule has 0 fully saturated rings. The summed E-state index contributed by atoms with van der Waals surface area (Å²) in [7, 11) is 1.61. The summed E-state index contributed by atoms with van der Waals surface area (Å²) in [6.07, 6.45) is 0. The van der Waals surface area contributed by atoms with E-state index in [4.69, 9.17) is 21.1 Å². The van der Waals surface area contributed by atoms with Crippen LogP contribution in [0.1, 0.15) is 17.3 Å². The van der Waals surface area contributed by atoms with Crippen LogP contribution in [-0.2, 0) is 9.53 Å². The zero-order valence-corrected chi connectivity index (χ0v) is 15.4. The molecule has 5 nitrogen and oxygen atoms in total. The number of benzene rings is 2. The molecule has 0 unspecified atom stereocenters. The minimum atomic E-state index is -0.486. The maximum Gasteiger partial charge on any atom is 0.339 e. The van der Waals surface area contributed by atoms with Gasteiger partial charge in [0.15, 0.2) is 0 Å². The summed E-state index contributed by atoms with van der Waals surface area (Å²) in [6.45, 7) is 2.00. The number of amides is 1. The van der Waals surface area contributed by atoms with Crippen molar-refractivity contribution in [3.05, 3.63) is 53.1 Å². The second-order valence-electron chi connectivity index (χ2n) is 4.93. The second-order valence-corrected chi connectivity index (χ2v) is 6.38. The SMILES string of the molecule is CCOC(=O)c1ccc(NC(=O)CSc2ccc(OC)cc2)cc1Cl. The van der Waals surface area contributed by atoms with Crippen LogP contribution >= 0.6 is 23.4 Å². The van der Waals surface area contributed by atoms with Crippen molar-refractivity contribution in [1.82, 2.24) is 0 Å². The number of esters is 1. The van der Waals surface area contributed by atoms with Crippen LogP contribution in [0.25, 0.3) is 0 Å². The number of methoxy groups -OCH3 is 1. The lowest BCUT2D eigenvalue weighted by Gasteiger charge is -2.08. The van der Waals surface area contributed by atoms with Crippen molar-refractivity contribution in [2.24, 2.45) is 0 Å². The van der Waals surface area contributed by atoms with E-state index in [0.29, 0.717) is 5.69 Å². The molecule has 2 rings (SSSR count). The third-order valence-corrected chi connectivity index (χ3v) is 4.50. The normalized spacial score (nSPS) is 10.2. The highest BCUT2D eigenvalue weighted by atomic mass is 35.5. The lowest BCUT2D eigenvalue weighted by atomic mass is 10.2. The van der Waals surface area contributed by atoms with E-state index in [1.54, 1.807) is 20.1 Å². The van der Waals surface area contributed by atoms with Crippen LogP contribution in [0.5, 0.6) is 5.75 Å². The number of carbonyl (C=O) groups excluding carboxylic acids is 2. The first-order valence-corrected chi connectivity index (χ1v) is 8.93. The number of halogens is 1. The number of rotatable bonds is 7. The number of hydrogen-bond acceptors (Lipinski definition) is 5. The average Bonchev–Trinajstić information content (AvgIpc) is 2.60. The van der Waals surface area contributed by atoms with Gasteiger partial charge in [-0.15, -0.1) is 11.8 Å². The van der Waals surface area contributed by atoms with Gasteiger partial charge in [0.2, 0.25) is 5.91 Å². The second kappa shape index (κ2) is 9.34.